The summed E-state index contributed by atoms with van der Waals surface area (Å²) >= 11 is 0. The van der Waals surface area contributed by atoms with Gasteiger partial charge >= 0.3 is 10.1 Å². The summed E-state index contributed by atoms with van der Waals surface area (Å²) < 4.78 is 48.1. The second-order valence-electron chi connectivity index (χ2n) is 6.09. The highest BCUT2D eigenvalue weighted by Crippen LogP contribution is 2.21. The van der Waals surface area contributed by atoms with Gasteiger partial charge in [0.05, 0.1) is 7.11 Å². The van der Waals surface area contributed by atoms with E-state index in [-0.39, 0.29) is 16.5 Å². The van der Waals surface area contributed by atoms with Crippen molar-refractivity contribution < 1.29 is 21.7 Å². The first-order valence-corrected chi connectivity index (χ1v) is 10.00. The standard InChI is InChI=1S/C21H20FNO4S/c1-26-19-9-11-21(12-10-19)28(24,25)27-20-4-2-3-17(13-20)15-23-14-16-5-7-18(22)8-6-16/h2-13,23H,14-15H2,1H3. The molecule has 0 saturated carbocycles. The van der Waals surface area contributed by atoms with Crippen LogP contribution in [0.25, 0.3) is 0 Å². The number of nitrogens with one attached hydrogen (secondary N) is 1. The van der Waals surface area contributed by atoms with E-state index < -0.39 is 10.1 Å². The Morgan fingerprint density at radius 2 is 1.54 bits per heavy atom. The van der Waals surface area contributed by atoms with Gasteiger partial charge in [-0.2, -0.15) is 8.42 Å². The molecule has 0 saturated heterocycles. The van der Waals surface area contributed by atoms with Gasteiger partial charge in [0, 0.05) is 13.1 Å². The number of halogens is 1. The van der Waals surface area contributed by atoms with Crippen molar-refractivity contribution in [2.75, 3.05) is 7.11 Å². The molecule has 0 spiro atoms. The van der Waals surface area contributed by atoms with E-state index in [9.17, 15) is 12.8 Å². The quantitative estimate of drug-likeness (QED) is 0.580. The van der Waals surface area contributed by atoms with Crippen LogP contribution < -0.4 is 14.2 Å². The van der Waals surface area contributed by atoms with E-state index in [1.54, 1.807) is 42.5 Å². The Morgan fingerprint density at radius 3 is 2.21 bits per heavy atom. The van der Waals surface area contributed by atoms with Crippen LogP contribution in [0.5, 0.6) is 11.5 Å². The molecule has 0 aromatic heterocycles. The molecule has 0 fully saturated rings. The van der Waals surface area contributed by atoms with E-state index in [1.807, 2.05) is 6.07 Å². The van der Waals surface area contributed by atoms with Crippen molar-refractivity contribution in [2.45, 2.75) is 18.0 Å². The molecule has 0 radical (unpaired) electrons. The third-order valence-corrected chi connectivity index (χ3v) is 5.29. The average Bonchev–Trinajstić information content (AvgIpc) is 2.69. The summed E-state index contributed by atoms with van der Waals surface area (Å²) in [5.74, 6) is 0.525. The molecule has 0 aliphatic heterocycles. The maximum atomic E-state index is 12.9. The minimum Gasteiger partial charge on any atom is -0.497 e. The zero-order valence-electron chi connectivity index (χ0n) is 15.3. The number of hydrogen-bond acceptors (Lipinski definition) is 5. The molecule has 0 atom stereocenters. The van der Waals surface area contributed by atoms with Crippen LogP contribution >= 0.6 is 0 Å². The van der Waals surface area contributed by atoms with Crippen LogP contribution in [0, 0.1) is 5.82 Å². The van der Waals surface area contributed by atoms with Gasteiger partial charge in [0.15, 0.2) is 0 Å². The Morgan fingerprint density at radius 1 is 0.857 bits per heavy atom. The van der Waals surface area contributed by atoms with E-state index in [0.717, 1.165) is 11.1 Å². The number of benzene rings is 3. The summed E-state index contributed by atoms with van der Waals surface area (Å²) in [6, 6.07) is 19.1. The number of rotatable bonds is 8. The highest BCUT2D eigenvalue weighted by molar-refractivity contribution is 7.87. The summed E-state index contributed by atoms with van der Waals surface area (Å²) in [4.78, 5) is 0.0492. The molecular weight excluding hydrogens is 381 g/mol. The Kier molecular flexibility index (Phi) is 6.28. The largest absolute Gasteiger partial charge is 0.497 e. The topological polar surface area (TPSA) is 64.6 Å². The zero-order chi connectivity index (χ0) is 20.0. The molecule has 0 aliphatic carbocycles. The second-order valence-corrected chi connectivity index (χ2v) is 7.64. The molecule has 3 aromatic carbocycles. The lowest BCUT2D eigenvalue weighted by Gasteiger charge is -2.10. The molecule has 0 amide bonds. The molecule has 0 bridgehead atoms. The fraction of sp³-hybridized carbons (Fsp3) is 0.143. The lowest BCUT2D eigenvalue weighted by molar-refractivity contribution is 0.414. The van der Waals surface area contributed by atoms with Crippen LogP contribution in [0.2, 0.25) is 0 Å². The molecule has 7 heteroatoms. The third-order valence-electron chi connectivity index (χ3n) is 4.02. The van der Waals surface area contributed by atoms with E-state index in [0.29, 0.717) is 18.8 Å². The summed E-state index contributed by atoms with van der Waals surface area (Å²) in [6.07, 6.45) is 0. The molecule has 28 heavy (non-hydrogen) atoms. The maximum Gasteiger partial charge on any atom is 0.339 e. The molecule has 146 valence electrons. The molecule has 3 rings (SSSR count). The number of hydrogen-bond donors (Lipinski definition) is 1. The van der Waals surface area contributed by atoms with Crippen molar-refractivity contribution in [2.24, 2.45) is 0 Å². The summed E-state index contributed by atoms with van der Waals surface area (Å²) in [6.45, 7) is 1.08. The van der Waals surface area contributed by atoms with Crippen molar-refractivity contribution in [3.8, 4) is 11.5 Å². The van der Waals surface area contributed by atoms with E-state index in [2.05, 4.69) is 5.32 Å². The van der Waals surface area contributed by atoms with Crippen LogP contribution in [0.4, 0.5) is 4.39 Å². The van der Waals surface area contributed by atoms with Gasteiger partial charge in [0.1, 0.15) is 22.2 Å². The van der Waals surface area contributed by atoms with Crippen LogP contribution in [0.3, 0.4) is 0 Å². The molecule has 0 unspecified atom stereocenters. The lowest BCUT2D eigenvalue weighted by Crippen LogP contribution is -2.13. The Balaban J connectivity index is 1.62. The summed E-state index contributed by atoms with van der Waals surface area (Å²) in [5.41, 5.74) is 1.82. The number of methoxy groups -OCH3 is 1. The van der Waals surface area contributed by atoms with Gasteiger partial charge in [-0.1, -0.05) is 24.3 Å². The summed E-state index contributed by atoms with van der Waals surface area (Å²) in [7, 11) is -2.42. The minimum atomic E-state index is -3.93. The maximum absolute atomic E-state index is 12.9. The van der Waals surface area contributed by atoms with Crippen LogP contribution in [-0.4, -0.2) is 15.5 Å². The van der Waals surface area contributed by atoms with Gasteiger partial charge in [-0.25, -0.2) is 4.39 Å². The predicted octanol–water partition coefficient (Wildman–Crippen LogP) is 3.89. The van der Waals surface area contributed by atoms with E-state index in [1.165, 1.54) is 31.4 Å². The van der Waals surface area contributed by atoms with Crippen molar-refractivity contribution in [1.82, 2.24) is 5.32 Å². The van der Waals surface area contributed by atoms with Gasteiger partial charge in [0.25, 0.3) is 0 Å². The van der Waals surface area contributed by atoms with Crippen LogP contribution in [-0.2, 0) is 23.2 Å². The van der Waals surface area contributed by atoms with E-state index in [4.69, 9.17) is 8.92 Å². The second kappa shape index (κ2) is 8.86. The Bertz CT molecular complexity index is 1020. The highest BCUT2D eigenvalue weighted by atomic mass is 32.2. The van der Waals surface area contributed by atoms with Crippen LogP contribution in [0.15, 0.2) is 77.7 Å². The minimum absolute atomic E-state index is 0.0492. The first-order chi connectivity index (χ1) is 13.5. The lowest BCUT2D eigenvalue weighted by atomic mass is 10.2. The average molecular weight is 401 g/mol. The highest BCUT2D eigenvalue weighted by Gasteiger charge is 2.16. The van der Waals surface area contributed by atoms with Gasteiger partial charge in [-0.3, -0.25) is 0 Å². The van der Waals surface area contributed by atoms with Crippen molar-refractivity contribution in [3.05, 3.63) is 89.7 Å². The fourth-order valence-corrected chi connectivity index (χ4v) is 3.50. The molecule has 1 N–H and O–H groups in total. The summed E-state index contributed by atoms with van der Waals surface area (Å²) in [5, 5.41) is 3.23. The predicted molar refractivity (Wildman–Crippen MR) is 104 cm³/mol. The molecule has 0 heterocycles. The molecule has 3 aromatic rings. The van der Waals surface area contributed by atoms with Gasteiger partial charge in [-0.05, 0) is 59.7 Å². The van der Waals surface area contributed by atoms with Crippen molar-refractivity contribution >= 4 is 10.1 Å². The monoisotopic (exact) mass is 401 g/mol. The Labute approximate surface area is 163 Å². The van der Waals surface area contributed by atoms with Gasteiger partial charge in [-0.15, -0.1) is 0 Å². The van der Waals surface area contributed by atoms with Gasteiger partial charge in [0.2, 0.25) is 0 Å². The third kappa shape index (κ3) is 5.31. The van der Waals surface area contributed by atoms with Crippen molar-refractivity contribution in [3.63, 3.8) is 0 Å². The SMILES string of the molecule is COc1ccc(S(=O)(=O)Oc2cccc(CNCc3ccc(F)cc3)c2)cc1. The van der Waals surface area contributed by atoms with Crippen molar-refractivity contribution in [1.29, 1.82) is 0 Å². The van der Waals surface area contributed by atoms with Crippen LogP contribution in [0.1, 0.15) is 11.1 Å². The first kappa shape index (κ1) is 19.9. The molecule has 0 aliphatic rings. The zero-order valence-corrected chi connectivity index (χ0v) is 16.1. The molecule has 5 nitrogen and oxygen atoms in total. The number of ether oxygens (including phenoxy) is 1. The molecular formula is C21H20FNO4S. The first-order valence-electron chi connectivity index (χ1n) is 8.59. The smallest absolute Gasteiger partial charge is 0.339 e. The fourth-order valence-electron chi connectivity index (χ4n) is 2.58. The Hall–Kier alpha value is -2.90. The van der Waals surface area contributed by atoms with Gasteiger partial charge < -0.3 is 14.2 Å². The normalized spacial score (nSPS) is 11.2. The van der Waals surface area contributed by atoms with E-state index >= 15 is 0 Å².